The van der Waals surface area contributed by atoms with E-state index >= 15 is 0 Å². The van der Waals surface area contributed by atoms with E-state index in [0.717, 1.165) is 19.0 Å². The Labute approximate surface area is 100 Å². The van der Waals surface area contributed by atoms with E-state index in [-0.39, 0.29) is 6.42 Å². The van der Waals surface area contributed by atoms with Gasteiger partial charge in [0.2, 0.25) is 5.95 Å². The number of H-pyrrole nitrogens is 1. The summed E-state index contributed by atoms with van der Waals surface area (Å²) in [5, 5.41) is 15.5. The normalized spacial score (nSPS) is 17.4. The molecule has 1 saturated heterocycles. The largest absolute Gasteiger partial charge is 0.481 e. The van der Waals surface area contributed by atoms with Gasteiger partial charge in [-0.05, 0) is 18.8 Å². The summed E-state index contributed by atoms with van der Waals surface area (Å²) < 4.78 is 0. The first kappa shape index (κ1) is 11.9. The predicted octanol–water partition coefficient (Wildman–Crippen LogP) is 1.06. The molecule has 94 valence electrons. The minimum Gasteiger partial charge on any atom is -0.481 e. The summed E-state index contributed by atoms with van der Waals surface area (Å²) in [7, 11) is 0. The van der Waals surface area contributed by atoms with Gasteiger partial charge < -0.3 is 10.0 Å². The highest BCUT2D eigenvalue weighted by Crippen LogP contribution is 2.19. The molecule has 1 aromatic heterocycles. The lowest BCUT2D eigenvalue weighted by Gasteiger charge is -2.29. The number of aromatic nitrogens is 3. The minimum atomic E-state index is -0.810. The van der Waals surface area contributed by atoms with E-state index in [2.05, 4.69) is 27.0 Å². The molecule has 2 heterocycles. The number of carboxylic acid groups (broad SMARTS) is 1. The zero-order chi connectivity index (χ0) is 12.3. The molecule has 0 bridgehead atoms. The Hall–Kier alpha value is -1.59. The van der Waals surface area contributed by atoms with Crippen LogP contribution >= 0.6 is 0 Å². The first-order valence-electron chi connectivity index (χ1n) is 6.03. The number of nitrogens with zero attached hydrogens (tertiary/aromatic N) is 3. The molecule has 0 aromatic carbocycles. The second-order valence-corrected chi connectivity index (χ2v) is 4.65. The fraction of sp³-hybridized carbons (Fsp3) is 0.727. The molecule has 17 heavy (non-hydrogen) atoms. The number of carboxylic acids is 1. The molecular weight excluding hydrogens is 220 g/mol. The van der Waals surface area contributed by atoms with Crippen LogP contribution in [-0.2, 0) is 11.2 Å². The lowest BCUT2D eigenvalue weighted by Crippen LogP contribution is -2.33. The van der Waals surface area contributed by atoms with Gasteiger partial charge >= 0.3 is 5.97 Å². The first-order chi connectivity index (χ1) is 8.15. The van der Waals surface area contributed by atoms with E-state index in [4.69, 9.17) is 5.11 Å². The Morgan fingerprint density at radius 1 is 1.53 bits per heavy atom. The van der Waals surface area contributed by atoms with E-state index in [9.17, 15) is 4.79 Å². The molecule has 0 atom stereocenters. The summed E-state index contributed by atoms with van der Waals surface area (Å²) in [6.07, 6.45) is 2.83. The maximum Gasteiger partial charge on any atom is 0.303 e. The van der Waals surface area contributed by atoms with Gasteiger partial charge in [-0.25, -0.2) is 0 Å². The number of anilines is 1. The maximum atomic E-state index is 10.4. The molecule has 1 aromatic rings. The Balaban J connectivity index is 1.91. The van der Waals surface area contributed by atoms with Crippen molar-refractivity contribution in [2.24, 2.45) is 5.92 Å². The number of hydrogen-bond donors (Lipinski definition) is 2. The zero-order valence-corrected chi connectivity index (χ0v) is 10.0. The Kier molecular flexibility index (Phi) is 3.61. The number of nitrogens with one attached hydrogen (secondary N) is 1. The van der Waals surface area contributed by atoms with Crippen LogP contribution < -0.4 is 4.90 Å². The quantitative estimate of drug-likeness (QED) is 0.819. The Morgan fingerprint density at radius 2 is 2.24 bits per heavy atom. The standard InChI is InChI=1S/C11H18N4O2/c1-8-4-6-15(7-5-8)11-12-9(13-14-11)2-3-10(16)17/h8H,2-7H2,1H3,(H,16,17)(H,12,13,14). The van der Waals surface area contributed by atoms with Gasteiger partial charge in [0.05, 0.1) is 6.42 Å². The van der Waals surface area contributed by atoms with Crippen LogP contribution in [0.3, 0.4) is 0 Å². The van der Waals surface area contributed by atoms with E-state index in [1.54, 1.807) is 0 Å². The van der Waals surface area contributed by atoms with Crippen molar-refractivity contribution in [3.63, 3.8) is 0 Å². The van der Waals surface area contributed by atoms with Gasteiger partial charge in [0.15, 0.2) is 0 Å². The highest BCUT2D eigenvalue weighted by atomic mass is 16.4. The molecule has 0 radical (unpaired) electrons. The fourth-order valence-electron chi connectivity index (χ4n) is 1.97. The van der Waals surface area contributed by atoms with Crippen molar-refractivity contribution in [3.8, 4) is 0 Å². The molecule has 6 heteroatoms. The second kappa shape index (κ2) is 5.16. The van der Waals surface area contributed by atoms with Crippen molar-refractivity contribution in [3.05, 3.63) is 5.82 Å². The summed E-state index contributed by atoms with van der Waals surface area (Å²) in [4.78, 5) is 16.9. The van der Waals surface area contributed by atoms with Crippen molar-refractivity contribution in [2.45, 2.75) is 32.6 Å². The first-order valence-corrected chi connectivity index (χ1v) is 6.03. The van der Waals surface area contributed by atoms with E-state index in [1.807, 2.05) is 0 Å². The van der Waals surface area contributed by atoms with Crippen molar-refractivity contribution >= 4 is 11.9 Å². The zero-order valence-electron chi connectivity index (χ0n) is 10.0. The van der Waals surface area contributed by atoms with Crippen molar-refractivity contribution in [1.82, 2.24) is 15.2 Å². The van der Waals surface area contributed by atoms with Gasteiger partial charge in [0.1, 0.15) is 5.82 Å². The highest BCUT2D eigenvalue weighted by Gasteiger charge is 2.19. The van der Waals surface area contributed by atoms with Crippen LogP contribution in [0.2, 0.25) is 0 Å². The molecule has 2 rings (SSSR count). The molecule has 1 fully saturated rings. The van der Waals surface area contributed by atoms with E-state index in [1.165, 1.54) is 12.8 Å². The van der Waals surface area contributed by atoms with E-state index < -0.39 is 5.97 Å². The Bertz CT molecular complexity index is 383. The third kappa shape index (κ3) is 3.18. The molecule has 0 unspecified atom stereocenters. The van der Waals surface area contributed by atoms with Gasteiger partial charge in [0.25, 0.3) is 0 Å². The van der Waals surface area contributed by atoms with Crippen molar-refractivity contribution in [1.29, 1.82) is 0 Å². The topological polar surface area (TPSA) is 82.1 Å². The molecule has 0 aliphatic carbocycles. The van der Waals surface area contributed by atoms with Crippen LogP contribution in [0, 0.1) is 5.92 Å². The Morgan fingerprint density at radius 3 is 2.88 bits per heavy atom. The van der Waals surface area contributed by atoms with Crippen LogP contribution in [-0.4, -0.2) is 39.3 Å². The molecule has 1 aliphatic heterocycles. The number of aromatic amines is 1. The van der Waals surface area contributed by atoms with Gasteiger partial charge in [-0.1, -0.05) is 6.92 Å². The lowest BCUT2D eigenvalue weighted by molar-refractivity contribution is -0.137. The predicted molar refractivity (Wildman–Crippen MR) is 63.0 cm³/mol. The smallest absolute Gasteiger partial charge is 0.303 e. The molecule has 0 amide bonds. The second-order valence-electron chi connectivity index (χ2n) is 4.65. The molecular formula is C11H18N4O2. The van der Waals surface area contributed by atoms with Crippen LogP contribution in [0.5, 0.6) is 0 Å². The summed E-state index contributed by atoms with van der Waals surface area (Å²) in [5.41, 5.74) is 0. The SMILES string of the molecule is CC1CCN(c2n[nH]c(CCC(=O)O)n2)CC1. The summed E-state index contributed by atoms with van der Waals surface area (Å²) >= 11 is 0. The molecule has 6 nitrogen and oxygen atoms in total. The van der Waals surface area contributed by atoms with Crippen molar-refractivity contribution < 1.29 is 9.90 Å². The number of aryl methyl sites for hydroxylation is 1. The molecule has 0 saturated carbocycles. The van der Waals surface area contributed by atoms with Crippen LogP contribution in [0.1, 0.15) is 32.0 Å². The average molecular weight is 238 g/mol. The van der Waals surface area contributed by atoms with Crippen molar-refractivity contribution in [2.75, 3.05) is 18.0 Å². The molecule has 0 spiro atoms. The van der Waals surface area contributed by atoms with Gasteiger partial charge in [0, 0.05) is 19.5 Å². The molecule has 2 N–H and O–H groups in total. The molecule has 1 aliphatic rings. The van der Waals surface area contributed by atoms with E-state index in [0.29, 0.717) is 18.2 Å². The monoisotopic (exact) mass is 238 g/mol. The van der Waals surface area contributed by atoms with Crippen LogP contribution in [0.25, 0.3) is 0 Å². The third-order valence-corrected chi connectivity index (χ3v) is 3.16. The number of aliphatic carboxylic acids is 1. The summed E-state index contributed by atoms with van der Waals surface area (Å²) in [6, 6.07) is 0. The van der Waals surface area contributed by atoms with Gasteiger partial charge in [-0.3, -0.25) is 9.89 Å². The van der Waals surface area contributed by atoms with Gasteiger partial charge in [-0.15, -0.1) is 5.10 Å². The summed E-state index contributed by atoms with van der Waals surface area (Å²) in [5.74, 6) is 1.32. The highest BCUT2D eigenvalue weighted by molar-refractivity contribution is 5.66. The van der Waals surface area contributed by atoms with Crippen LogP contribution in [0.15, 0.2) is 0 Å². The minimum absolute atomic E-state index is 0.0890. The number of hydrogen-bond acceptors (Lipinski definition) is 4. The third-order valence-electron chi connectivity index (χ3n) is 3.16. The number of rotatable bonds is 4. The fourth-order valence-corrected chi connectivity index (χ4v) is 1.97. The number of piperidine rings is 1. The maximum absolute atomic E-state index is 10.4. The van der Waals surface area contributed by atoms with Crippen LogP contribution in [0.4, 0.5) is 5.95 Å². The number of carbonyl (C=O) groups is 1. The summed E-state index contributed by atoms with van der Waals surface area (Å²) in [6.45, 7) is 4.22. The van der Waals surface area contributed by atoms with Gasteiger partial charge in [-0.2, -0.15) is 4.98 Å². The lowest BCUT2D eigenvalue weighted by atomic mass is 10.00. The average Bonchev–Trinajstić information content (AvgIpc) is 2.76.